The molecule has 0 unspecified atom stereocenters. The highest BCUT2D eigenvalue weighted by Crippen LogP contribution is 2.33. The summed E-state index contributed by atoms with van der Waals surface area (Å²) in [6.07, 6.45) is 4.60. The van der Waals surface area contributed by atoms with Crippen molar-refractivity contribution in [1.82, 2.24) is 4.98 Å². The van der Waals surface area contributed by atoms with E-state index < -0.39 is 10.0 Å². The van der Waals surface area contributed by atoms with Crippen molar-refractivity contribution in [3.63, 3.8) is 0 Å². The van der Waals surface area contributed by atoms with Gasteiger partial charge in [0.05, 0.1) is 18.4 Å². The lowest BCUT2D eigenvalue weighted by Gasteiger charge is -2.21. The van der Waals surface area contributed by atoms with Crippen molar-refractivity contribution in [2.24, 2.45) is 0 Å². The lowest BCUT2D eigenvalue weighted by molar-refractivity contribution is -0.115. The number of pyridine rings is 1. The number of nitrogens with one attached hydrogen (secondary N) is 1. The molecule has 3 rings (SSSR count). The van der Waals surface area contributed by atoms with Crippen LogP contribution in [0.25, 0.3) is 0 Å². The summed E-state index contributed by atoms with van der Waals surface area (Å²) in [5.74, 6) is 0.153. The summed E-state index contributed by atoms with van der Waals surface area (Å²) < 4.78 is 31.4. The summed E-state index contributed by atoms with van der Waals surface area (Å²) in [5.41, 5.74) is 4.89. The van der Waals surface area contributed by atoms with Crippen LogP contribution in [0.2, 0.25) is 0 Å². The number of amides is 1. The van der Waals surface area contributed by atoms with Gasteiger partial charge in [-0.3, -0.25) is 14.1 Å². The Kier molecular flexibility index (Phi) is 7.15. The molecule has 1 amide bonds. The first-order chi connectivity index (χ1) is 15.1. The van der Waals surface area contributed by atoms with Gasteiger partial charge in [-0.15, -0.1) is 0 Å². The minimum atomic E-state index is -3.49. The largest absolute Gasteiger partial charge is 0.487 e. The van der Waals surface area contributed by atoms with E-state index in [9.17, 15) is 13.2 Å². The van der Waals surface area contributed by atoms with E-state index in [0.29, 0.717) is 17.1 Å². The second kappa shape index (κ2) is 9.82. The number of hydrogen-bond donors (Lipinski definition) is 1. The Morgan fingerprint density at radius 3 is 2.59 bits per heavy atom. The number of aryl methyl sites for hydroxylation is 2. The maximum Gasteiger partial charge on any atom is 0.232 e. The first-order valence-corrected chi connectivity index (χ1v) is 11.9. The lowest BCUT2D eigenvalue weighted by Crippen LogP contribution is -2.25. The number of nitrogens with zero attached hydrogens (tertiary/aromatic N) is 2. The molecule has 0 fully saturated rings. The van der Waals surface area contributed by atoms with Crippen LogP contribution in [0.3, 0.4) is 0 Å². The Hall–Kier alpha value is -3.39. The summed E-state index contributed by atoms with van der Waals surface area (Å²) in [4.78, 5) is 16.5. The fraction of sp³-hybridized carbons (Fsp3) is 0.250. The third-order valence-electron chi connectivity index (χ3n) is 5.06. The van der Waals surface area contributed by atoms with Crippen LogP contribution in [0.5, 0.6) is 5.75 Å². The summed E-state index contributed by atoms with van der Waals surface area (Å²) in [5, 5.41) is 2.84. The van der Waals surface area contributed by atoms with E-state index in [0.717, 1.165) is 32.8 Å². The second-order valence-electron chi connectivity index (χ2n) is 7.72. The van der Waals surface area contributed by atoms with Crippen LogP contribution >= 0.6 is 0 Å². The first-order valence-electron chi connectivity index (χ1n) is 10.1. The van der Waals surface area contributed by atoms with E-state index in [1.165, 1.54) is 7.05 Å². The van der Waals surface area contributed by atoms with Gasteiger partial charge in [-0.25, -0.2) is 8.42 Å². The Morgan fingerprint density at radius 1 is 1.12 bits per heavy atom. The molecule has 8 heteroatoms. The minimum absolute atomic E-state index is 0.178. The molecular weight excluding hydrogens is 426 g/mol. The molecule has 1 N–H and O–H groups in total. The zero-order valence-corrected chi connectivity index (χ0v) is 19.4. The monoisotopic (exact) mass is 453 g/mol. The number of rotatable bonds is 8. The van der Waals surface area contributed by atoms with Crippen LogP contribution in [-0.2, 0) is 27.8 Å². The second-order valence-corrected chi connectivity index (χ2v) is 9.73. The molecule has 0 spiro atoms. The molecule has 1 aromatic heterocycles. The van der Waals surface area contributed by atoms with Crippen LogP contribution in [0.1, 0.15) is 22.3 Å². The number of sulfonamides is 1. The molecule has 0 atom stereocenters. The Labute approximate surface area is 189 Å². The van der Waals surface area contributed by atoms with E-state index >= 15 is 0 Å². The number of ether oxygens (including phenoxy) is 1. The van der Waals surface area contributed by atoms with Crippen molar-refractivity contribution in [1.29, 1.82) is 0 Å². The molecule has 1 heterocycles. The number of aromatic nitrogens is 1. The predicted molar refractivity (Wildman–Crippen MR) is 127 cm³/mol. The Morgan fingerprint density at radius 2 is 1.91 bits per heavy atom. The van der Waals surface area contributed by atoms with Gasteiger partial charge in [-0.05, 0) is 48.7 Å². The van der Waals surface area contributed by atoms with Gasteiger partial charge in [-0.1, -0.05) is 29.8 Å². The smallest absolute Gasteiger partial charge is 0.232 e. The van der Waals surface area contributed by atoms with Gasteiger partial charge in [0.15, 0.2) is 0 Å². The molecule has 0 saturated heterocycles. The molecule has 0 aliphatic rings. The highest BCUT2D eigenvalue weighted by atomic mass is 32.2. The molecule has 0 bridgehead atoms. The first kappa shape index (κ1) is 23.3. The zero-order valence-electron chi connectivity index (χ0n) is 18.6. The van der Waals surface area contributed by atoms with Crippen molar-refractivity contribution in [3.8, 4) is 5.75 Å². The van der Waals surface area contributed by atoms with Gasteiger partial charge in [0, 0.05) is 31.2 Å². The molecule has 0 saturated carbocycles. The van der Waals surface area contributed by atoms with Crippen molar-refractivity contribution in [2.45, 2.75) is 26.9 Å². The SMILES string of the molecule is Cc1ccc(C)c(COc2cc(NC(=O)Cc3cccnc3)ccc2N(C)S(C)(=O)=O)c1. The lowest BCUT2D eigenvalue weighted by atomic mass is 10.1. The number of anilines is 2. The van der Waals surface area contributed by atoms with Crippen molar-refractivity contribution in [3.05, 3.63) is 83.2 Å². The number of carbonyl (C=O) groups is 1. The number of hydrogen-bond acceptors (Lipinski definition) is 5. The molecular formula is C24H27N3O4S. The number of benzene rings is 2. The van der Waals surface area contributed by atoms with E-state index in [-0.39, 0.29) is 18.9 Å². The molecule has 0 aliphatic heterocycles. The van der Waals surface area contributed by atoms with E-state index in [1.54, 1.807) is 36.7 Å². The van der Waals surface area contributed by atoms with Gasteiger partial charge in [0.1, 0.15) is 12.4 Å². The van der Waals surface area contributed by atoms with Crippen molar-refractivity contribution in [2.75, 3.05) is 22.9 Å². The molecule has 2 aromatic carbocycles. The van der Waals surface area contributed by atoms with Gasteiger partial charge in [0.25, 0.3) is 0 Å². The van der Waals surface area contributed by atoms with Crippen LogP contribution in [0.4, 0.5) is 11.4 Å². The highest BCUT2D eigenvalue weighted by Gasteiger charge is 2.18. The predicted octanol–water partition coefficient (Wildman–Crippen LogP) is 3.85. The topological polar surface area (TPSA) is 88.6 Å². The fourth-order valence-corrected chi connectivity index (χ4v) is 3.66. The molecule has 0 radical (unpaired) electrons. The standard InChI is InChI=1S/C24H27N3O4S/c1-17-7-8-18(2)20(12-17)16-31-23-14-21(9-10-22(23)27(3)32(4,29)30)26-24(28)13-19-6-5-11-25-15-19/h5-12,14-15H,13,16H2,1-4H3,(H,26,28). The molecule has 3 aromatic rings. The third-order valence-corrected chi connectivity index (χ3v) is 6.25. The molecule has 7 nitrogen and oxygen atoms in total. The van der Waals surface area contributed by atoms with Crippen LogP contribution in [0, 0.1) is 13.8 Å². The quantitative estimate of drug-likeness (QED) is 0.560. The van der Waals surface area contributed by atoms with Crippen LogP contribution in [0.15, 0.2) is 60.9 Å². The fourth-order valence-electron chi connectivity index (χ4n) is 3.15. The normalized spacial score (nSPS) is 11.1. The Bertz CT molecular complexity index is 1210. The summed E-state index contributed by atoms with van der Waals surface area (Å²) in [7, 11) is -2.03. The molecule has 32 heavy (non-hydrogen) atoms. The summed E-state index contributed by atoms with van der Waals surface area (Å²) in [6, 6.07) is 14.6. The number of carbonyl (C=O) groups excluding carboxylic acids is 1. The molecule has 168 valence electrons. The van der Waals surface area contributed by atoms with Crippen LogP contribution < -0.4 is 14.4 Å². The van der Waals surface area contributed by atoms with Gasteiger partial charge < -0.3 is 10.1 Å². The average Bonchev–Trinajstić information content (AvgIpc) is 2.74. The van der Waals surface area contributed by atoms with Gasteiger partial charge >= 0.3 is 0 Å². The van der Waals surface area contributed by atoms with Gasteiger partial charge in [-0.2, -0.15) is 0 Å². The van der Waals surface area contributed by atoms with E-state index in [4.69, 9.17) is 4.74 Å². The maximum atomic E-state index is 12.4. The zero-order chi connectivity index (χ0) is 23.3. The summed E-state index contributed by atoms with van der Waals surface area (Å²) in [6.45, 7) is 4.27. The van der Waals surface area contributed by atoms with Crippen LogP contribution in [-0.4, -0.2) is 32.6 Å². The van der Waals surface area contributed by atoms with E-state index in [2.05, 4.69) is 10.3 Å². The maximum absolute atomic E-state index is 12.4. The van der Waals surface area contributed by atoms with E-state index in [1.807, 2.05) is 38.1 Å². The third kappa shape index (κ3) is 6.07. The van der Waals surface area contributed by atoms with Crippen molar-refractivity contribution < 1.29 is 17.9 Å². The Balaban J connectivity index is 1.85. The minimum Gasteiger partial charge on any atom is -0.487 e. The molecule has 0 aliphatic carbocycles. The van der Waals surface area contributed by atoms with Crippen molar-refractivity contribution >= 4 is 27.3 Å². The highest BCUT2D eigenvalue weighted by molar-refractivity contribution is 7.92. The summed E-state index contributed by atoms with van der Waals surface area (Å²) >= 11 is 0. The average molecular weight is 454 g/mol. The van der Waals surface area contributed by atoms with Gasteiger partial charge in [0.2, 0.25) is 15.9 Å².